The van der Waals surface area contributed by atoms with Crippen LogP contribution >= 0.6 is 31.9 Å². The molecule has 0 saturated carbocycles. The van der Waals surface area contributed by atoms with Gasteiger partial charge in [-0.15, -0.1) is 0 Å². The fourth-order valence-electron chi connectivity index (χ4n) is 3.57. The first kappa shape index (κ1) is 24.2. The summed E-state index contributed by atoms with van der Waals surface area (Å²) in [6, 6.07) is 9.55. The average Bonchev–Trinajstić information content (AvgIpc) is 3.15. The third-order valence-electron chi connectivity index (χ3n) is 4.89. The summed E-state index contributed by atoms with van der Waals surface area (Å²) in [5, 5.41) is 3.50. The number of piperazine rings is 1. The standard InChI is InChI=1S/C19H17Br2F2N3O2S.C2H6/c20-12-2-1-3-14(8-12)29(27,28)26-11-15(19(22)23)18-16(9-13(21)10-17(18)26)25-6-4-24-5-7-25;1-2/h1-3,8-11,19,24H,4-7H2;1-2H3. The quantitative estimate of drug-likeness (QED) is 0.426. The molecule has 1 fully saturated rings. The van der Waals surface area contributed by atoms with Gasteiger partial charge in [-0.25, -0.2) is 21.2 Å². The van der Waals surface area contributed by atoms with Gasteiger partial charge in [0.25, 0.3) is 16.4 Å². The minimum Gasteiger partial charge on any atom is -0.368 e. The minimum atomic E-state index is -4.06. The predicted octanol–water partition coefficient (Wildman–Crippen LogP) is 5.78. The van der Waals surface area contributed by atoms with Crippen LogP contribution < -0.4 is 10.2 Å². The maximum atomic E-state index is 14.0. The molecule has 168 valence electrons. The number of nitrogens with one attached hydrogen (secondary N) is 1. The van der Waals surface area contributed by atoms with E-state index in [0.717, 1.165) is 23.3 Å². The molecule has 5 nitrogen and oxygen atoms in total. The number of hydrogen-bond donors (Lipinski definition) is 1. The molecular weight excluding hydrogens is 556 g/mol. The van der Waals surface area contributed by atoms with Crippen LogP contribution in [0.15, 0.2) is 56.4 Å². The molecule has 0 radical (unpaired) electrons. The summed E-state index contributed by atoms with van der Waals surface area (Å²) in [5.74, 6) is 0. The number of hydrogen-bond acceptors (Lipinski definition) is 4. The van der Waals surface area contributed by atoms with Crippen LogP contribution in [-0.4, -0.2) is 38.6 Å². The molecule has 0 unspecified atom stereocenters. The van der Waals surface area contributed by atoms with E-state index >= 15 is 0 Å². The Balaban J connectivity index is 0.00000132. The van der Waals surface area contributed by atoms with E-state index in [4.69, 9.17) is 0 Å². The van der Waals surface area contributed by atoms with Gasteiger partial charge in [0.05, 0.1) is 10.4 Å². The zero-order chi connectivity index (χ0) is 22.8. The Bertz CT molecular complexity index is 1180. The van der Waals surface area contributed by atoms with Crippen molar-refractivity contribution in [3.63, 3.8) is 0 Å². The maximum Gasteiger partial charge on any atom is 0.268 e. The van der Waals surface area contributed by atoms with E-state index in [2.05, 4.69) is 37.2 Å². The fourth-order valence-corrected chi connectivity index (χ4v) is 5.96. The van der Waals surface area contributed by atoms with Crippen LogP contribution in [0.25, 0.3) is 10.9 Å². The SMILES string of the molecule is CC.O=S(=O)(c1cccc(Br)c1)n1cc(C(F)F)c2c(N3CCNCC3)cc(Br)cc21. The zero-order valence-corrected chi connectivity index (χ0v) is 21.1. The van der Waals surface area contributed by atoms with E-state index in [-0.39, 0.29) is 21.4 Å². The van der Waals surface area contributed by atoms with Gasteiger partial charge in [0.15, 0.2) is 0 Å². The molecule has 1 N–H and O–H groups in total. The van der Waals surface area contributed by atoms with Crippen LogP contribution in [0.2, 0.25) is 0 Å². The van der Waals surface area contributed by atoms with E-state index in [9.17, 15) is 17.2 Å². The normalized spacial score (nSPS) is 14.6. The molecular formula is C21H23Br2F2N3O2S. The topological polar surface area (TPSA) is 54.3 Å². The van der Waals surface area contributed by atoms with Crippen LogP contribution in [-0.2, 0) is 10.0 Å². The van der Waals surface area contributed by atoms with Crippen LogP contribution in [0.5, 0.6) is 0 Å². The van der Waals surface area contributed by atoms with Crippen molar-refractivity contribution in [2.75, 3.05) is 31.1 Å². The molecule has 1 aromatic heterocycles. The Morgan fingerprint density at radius 1 is 1.03 bits per heavy atom. The maximum absolute atomic E-state index is 14.0. The Labute approximate surface area is 197 Å². The van der Waals surface area contributed by atoms with Gasteiger partial charge in [0, 0.05) is 58.0 Å². The highest BCUT2D eigenvalue weighted by molar-refractivity contribution is 9.10. The lowest BCUT2D eigenvalue weighted by Crippen LogP contribution is -2.43. The lowest BCUT2D eigenvalue weighted by molar-refractivity contribution is 0.153. The number of nitrogens with zero attached hydrogens (tertiary/aromatic N) is 2. The van der Waals surface area contributed by atoms with Gasteiger partial charge in [-0.2, -0.15) is 0 Å². The molecule has 3 aromatic rings. The van der Waals surface area contributed by atoms with Crippen molar-refractivity contribution in [3.05, 3.63) is 57.1 Å². The smallest absolute Gasteiger partial charge is 0.268 e. The van der Waals surface area contributed by atoms with E-state index in [1.165, 1.54) is 12.1 Å². The highest BCUT2D eigenvalue weighted by atomic mass is 79.9. The van der Waals surface area contributed by atoms with Crippen LogP contribution in [0.4, 0.5) is 14.5 Å². The van der Waals surface area contributed by atoms with Crippen molar-refractivity contribution in [1.82, 2.24) is 9.29 Å². The Morgan fingerprint density at radius 3 is 2.32 bits per heavy atom. The number of alkyl halides is 2. The summed E-state index contributed by atoms with van der Waals surface area (Å²) in [7, 11) is -4.06. The van der Waals surface area contributed by atoms with Gasteiger partial charge >= 0.3 is 0 Å². The van der Waals surface area contributed by atoms with E-state index in [1.54, 1.807) is 24.3 Å². The summed E-state index contributed by atoms with van der Waals surface area (Å²) < 4.78 is 56.7. The van der Waals surface area contributed by atoms with Gasteiger partial charge in [-0.3, -0.25) is 0 Å². The molecule has 10 heteroatoms. The van der Waals surface area contributed by atoms with Crippen molar-refractivity contribution in [1.29, 1.82) is 0 Å². The summed E-state index contributed by atoms with van der Waals surface area (Å²) in [6.07, 6.45) is -1.76. The Morgan fingerprint density at radius 2 is 1.71 bits per heavy atom. The Hall–Kier alpha value is -1.49. The number of aromatic nitrogens is 1. The van der Waals surface area contributed by atoms with E-state index < -0.39 is 16.4 Å². The molecule has 0 spiro atoms. The lowest BCUT2D eigenvalue weighted by atomic mass is 10.1. The highest BCUT2D eigenvalue weighted by Gasteiger charge is 2.28. The third kappa shape index (κ3) is 4.81. The van der Waals surface area contributed by atoms with Gasteiger partial charge < -0.3 is 10.2 Å². The number of rotatable bonds is 4. The van der Waals surface area contributed by atoms with E-state index in [0.29, 0.717) is 27.7 Å². The van der Waals surface area contributed by atoms with Crippen molar-refractivity contribution in [3.8, 4) is 0 Å². The second-order valence-corrected chi connectivity index (χ2v) is 10.3. The van der Waals surface area contributed by atoms with Gasteiger partial charge in [-0.1, -0.05) is 51.8 Å². The van der Waals surface area contributed by atoms with Gasteiger partial charge in [0.2, 0.25) is 0 Å². The minimum absolute atomic E-state index is 0.0216. The fraction of sp³-hybridized carbons (Fsp3) is 0.333. The summed E-state index contributed by atoms with van der Waals surface area (Å²) in [6.45, 7) is 6.76. The molecule has 0 atom stereocenters. The first-order valence-corrected chi connectivity index (χ1v) is 12.9. The van der Waals surface area contributed by atoms with Crippen LogP contribution in [0.1, 0.15) is 25.8 Å². The van der Waals surface area contributed by atoms with Crippen molar-refractivity contribution < 1.29 is 17.2 Å². The number of fused-ring (bicyclic) bond motifs is 1. The highest BCUT2D eigenvalue weighted by Crippen LogP contribution is 2.40. The first-order chi connectivity index (χ1) is 14.8. The molecule has 0 amide bonds. The molecule has 0 aliphatic carbocycles. The summed E-state index contributed by atoms with van der Waals surface area (Å²) in [5.41, 5.74) is 0.539. The van der Waals surface area contributed by atoms with Crippen LogP contribution in [0, 0.1) is 0 Å². The predicted molar refractivity (Wildman–Crippen MR) is 128 cm³/mol. The first-order valence-electron chi connectivity index (χ1n) is 9.88. The molecule has 2 heterocycles. The Kier molecular flexibility index (Phi) is 7.77. The van der Waals surface area contributed by atoms with Crippen molar-refractivity contribution in [2.24, 2.45) is 0 Å². The molecule has 1 saturated heterocycles. The second-order valence-electron chi connectivity index (χ2n) is 6.70. The van der Waals surface area contributed by atoms with E-state index in [1.807, 2.05) is 18.7 Å². The molecule has 2 aromatic carbocycles. The molecule has 0 bridgehead atoms. The number of benzene rings is 2. The monoisotopic (exact) mass is 577 g/mol. The average molecular weight is 579 g/mol. The largest absolute Gasteiger partial charge is 0.368 e. The lowest BCUT2D eigenvalue weighted by Gasteiger charge is -2.30. The molecule has 31 heavy (non-hydrogen) atoms. The van der Waals surface area contributed by atoms with Crippen molar-refractivity contribution in [2.45, 2.75) is 25.2 Å². The second kappa shape index (κ2) is 9.97. The molecule has 4 rings (SSSR count). The molecule has 1 aliphatic rings. The third-order valence-corrected chi connectivity index (χ3v) is 7.51. The van der Waals surface area contributed by atoms with Gasteiger partial charge in [-0.05, 0) is 30.3 Å². The number of halogens is 4. The number of anilines is 1. The zero-order valence-electron chi connectivity index (χ0n) is 17.1. The summed E-state index contributed by atoms with van der Waals surface area (Å²) >= 11 is 6.69. The van der Waals surface area contributed by atoms with Crippen LogP contribution in [0.3, 0.4) is 0 Å². The molecule has 1 aliphatic heterocycles. The van der Waals surface area contributed by atoms with Crippen molar-refractivity contribution >= 4 is 58.5 Å². The van der Waals surface area contributed by atoms with Gasteiger partial charge in [0.1, 0.15) is 0 Å². The summed E-state index contributed by atoms with van der Waals surface area (Å²) in [4.78, 5) is 2.03.